The van der Waals surface area contributed by atoms with Crippen molar-refractivity contribution in [1.29, 1.82) is 0 Å². The van der Waals surface area contributed by atoms with Crippen LogP contribution in [-0.4, -0.2) is 37.8 Å². The summed E-state index contributed by atoms with van der Waals surface area (Å²) in [5, 5.41) is 17.7. The van der Waals surface area contributed by atoms with Crippen molar-refractivity contribution in [2.24, 2.45) is 0 Å². The molecule has 7 nitrogen and oxygen atoms in total. The number of nitrogens with one attached hydrogen (secondary N) is 1. The summed E-state index contributed by atoms with van der Waals surface area (Å²) >= 11 is 12.4. The third-order valence-electron chi connectivity index (χ3n) is 4.38. The zero-order chi connectivity index (χ0) is 21.2. The number of carboxylic acids is 1. The number of carbonyl (C=O) groups excluding carboxylic acids is 1. The molecule has 3 rings (SSSR count). The molecule has 0 radical (unpaired) electrons. The number of halogens is 2. The maximum atomic E-state index is 12.7. The molecule has 0 saturated carbocycles. The molecule has 1 aromatic heterocycles. The standard InChI is InChI=1S/C20H18Cl2N4O3/c1-12(2)25-18(27)13-3-5-14(6-4-13)20(19(28)29,26-11-23-10-24-26)16-8-7-15(21)9-17(16)22/h3-12H,1-2H3,(H,25,27)(H,28,29). The fraction of sp³-hybridized carbons (Fsp3) is 0.200. The van der Waals surface area contributed by atoms with E-state index in [0.29, 0.717) is 16.1 Å². The van der Waals surface area contributed by atoms with Gasteiger partial charge in [-0.2, -0.15) is 5.10 Å². The summed E-state index contributed by atoms with van der Waals surface area (Å²) in [6.45, 7) is 3.71. The fourth-order valence-corrected chi connectivity index (χ4v) is 3.67. The lowest BCUT2D eigenvalue weighted by atomic mass is 9.82. The molecule has 0 fully saturated rings. The van der Waals surface area contributed by atoms with Crippen molar-refractivity contribution in [3.63, 3.8) is 0 Å². The molecule has 1 amide bonds. The van der Waals surface area contributed by atoms with E-state index in [2.05, 4.69) is 15.4 Å². The minimum Gasteiger partial charge on any atom is -0.479 e. The van der Waals surface area contributed by atoms with Gasteiger partial charge in [0.15, 0.2) is 0 Å². The van der Waals surface area contributed by atoms with E-state index < -0.39 is 11.5 Å². The number of carboxylic acid groups (broad SMARTS) is 1. The number of aromatic nitrogens is 3. The van der Waals surface area contributed by atoms with Crippen LogP contribution in [0.5, 0.6) is 0 Å². The summed E-state index contributed by atoms with van der Waals surface area (Å²) in [5.41, 5.74) is -0.783. The summed E-state index contributed by atoms with van der Waals surface area (Å²) in [6.07, 6.45) is 2.55. The number of aliphatic carboxylic acids is 1. The Morgan fingerprint density at radius 2 is 1.83 bits per heavy atom. The van der Waals surface area contributed by atoms with Gasteiger partial charge in [0.1, 0.15) is 12.7 Å². The van der Waals surface area contributed by atoms with Crippen LogP contribution in [-0.2, 0) is 10.3 Å². The second-order valence-corrected chi connectivity index (χ2v) is 7.53. The van der Waals surface area contributed by atoms with E-state index in [0.717, 1.165) is 0 Å². The summed E-state index contributed by atoms with van der Waals surface area (Å²) < 4.78 is 1.22. The molecule has 0 spiro atoms. The molecule has 1 heterocycles. The van der Waals surface area contributed by atoms with Crippen molar-refractivity contribution in [2.45, 2.75) is 25.4 Å². The lowest BCUT2D eigenvalue weighted by Crippen LogP contribution is -2.45. The summed E-state index contributed by atoms with van der Waals surface area (Å²) in [5.74, 6) is -1.47. The molecule has 9 heteroatoms. The number of rotatable bonds is 6. The van der Waals surface area contributed by atoms with E-state index in [4.69, 9.17) is 23.2 Å². The molecule has 3 aromatic rings. The van der Waals surface area contributed by atoms with Crippen molar-refractivity contribution < 1.29 is 14.7 Å². The fourth-order valence-electron chi connectivity index (χ4n) is 3.12. The molecule has 0 saturated heterocycles. The largest absolute Gasteiger partial charge is 0.479 e. The Balaban J connectivity index is 2.21. The van der Waals surface area contributed by atoms with E-state index >= 15 is 0 Å². The second-order valence-electron chi connectivity index (χ2n) is 6.69. The van der Waals surface area contributed by atoms with Gasteiger partial charge in [-0.25, -0.2) is 14.5 Å². The summed E-state index contributed by atoms with van der Waals surface area (Å²) in [7, 11) is 0. The molecule has 2 N–H and O–H groups in total. The summed E-state index contributed by atoms with van der Waals surface area (Å²) in [4.78, 5) is 28.8. The molecular formula is C20H18Cl2N4O3. The Labute approximate surface area is 177 Å². The van der Waals surface area contributed by atoms with Crippen LogP contribution < -0.4 is 5.32 Å². The Hall–Kier alpha value is -2.90. The van der Waals surface area contributed by atoms with E-state index in [-0.39, 0.29) is 22.5 Å². The van der Waals surface area contributed by atoms with Gasteiger partial charge in [-0.1, -0.05) is 41.4 Å². The molecule has 2 aromatic carbocycles. The Morgan fingerprint density at radius 3 is 2.34 bits per heavy atom. The highest BCUT2D eigenvalue weighted by atomic mass is 35.5. The van der Waals surface area contributed by atoms with Gasteiger partial charge < -0.3 is 10.4 Å². The van der Waals surface area contributed by atoms with Gasteiger partial charge in [-0.3, -0.25) is 4.79 Å². The topological polar surface area (TPSA) is 97.1 Å². The van der Waals surface area contributed by atoms with Crippen LogP contribution in [0.1, 0.15) is 35.3 Å². The Bertz CT molecular complexity index is 1040. The monoisotopic (exact) mass is 432 g/mol. The lowest BCUT2D eigenvalue weighted by Gasteiger charge is -2.31. The molecule has 1 atom stereocenters. The zero-order valence-electron chi connectivity index (χ0n) is 15.6. The van der Waals surface area contributed by atoms with Crippen molar-refractivity contribution in [3.8, 4) is 0 Å². The molecule has 0 bridgehead atoms. The second kappa shape index (κ2) is 8.23. The van der Waals surface area contributed by atoms with Gasteiger partial charge in [-0.15, -0.1) is 0 Å². The van der Waals surface area contributed by atoms with E-state index in [1.54, 1.807) is 36.4 Å². The molecule has 0 aliphatic heterocycles. The highest BCUT2D eigenvalue weighted by molar-refractivity contribution is 6.35. The van der Waals surface area contributed by atoms with Gasteiger partial charge in [0.05, 0.1) is 0 Å². The number of nitrogens with zero attached hydrogens (tertiary/aromatic N) is 3. The number of hydrogen-bond donors (Lipinski definition) is 2. The van der Waals surface area contributed by atoms with Crippen molar-refractivity contribution in [1.82, 2.24) is 20.1 Å². The van der Waals surface area contributed by atoms with E-state index in [1.165, 1.54) is 23.4 Å². The molecular weight excluding hydrogens is 415 g/mol. The lowest BCUT2D eigenvalue weighted by molar-refractivity contribution is -0.143. The SMILES string of the molecule is CC(C)NC(=O)c1ccc(C(C(=O)O)(c2ccc(Cl)cc2Cl)n2cncn2)cc1. The molecule has 1 unspecified atom stereocenters. The first kappa shape index (κ1) is 20.8. The van der Waals surface area contributed by atoms with Crippen LogP contribution in [0.3, 0.4) is 0 Å². The zero-order valence-corrected chi connectivity index (χ0v) is 17.1. The average Bonchev–Trinajstić information content (AvgIpc) is 3.18. The molecule has 150 valence electrons. The number of hydrogen-bond acceptors (Lipinski definition) is 4. The molecule has 29 heavy (non-hydrogen) atoms. The quantitative estimate of drug-likeness (QED) is 0.619. The van der Waals surface area contributed by atoms with Gasteiger partial charge in [-0.05, 0) is 43.7 Å². The van der Waals surface area contributed by atoms with Crippen LogP contribution in [0.15, 0.2) is 55.1 Å². The number of amides is 1. The molecule has 0 aliphatic rings. The van der Waals surface area contributed by atoms with Crippen LogP contribution in [0, 0.1) is 0 Å². The van der Waals surface area contributed by atoms with Crippen LogP contribution >= 0.6 is 23.2 Å². The normalized spacial score (nSPS) is 13.1. The van der Waals surface area contributed by atoms with Gasteiger partial charge in [0.2, 0.25) is 5.54 Å². The van der Waals surface area contributed by atoms with Crippen LogP contribution in [0.25, 0.3) is 0 Å². The van der Waals surface area contributed by atoms with E-state index in [9.17, 15) is 14.7 Å². The van der Waals surface area contributed by atoms with Crippen LogP contribution in [0.2, 0.25) is 10.0 Å². The predicted molar refractivity (Wildman–Crippen MR) is 109 cm³/mol. The average molecular weight is 433 g/mol. The van der Waals surface area contributed by atoms with Crippen molar-refractivity contribution in [3.05, 3.63) is 81.9 Å². The third kappa shape index (κ3) is 3.83. The highest BCUT2D eigenvalue weighted by Gasteiger charge is 2.47. The van der Waals surface area contributed by atoms with Crippen LogP contribution in [0.4, 0.5) is 0 Å². The van der Waals surface area contributed by atoms with Gasteiger partial charge >= 0.3 is 5.97 Å². The first-order chi connectivity index (χ1) is 13.8. The Morgan fingerprint density at radius 1 is 1.14 bits per heavy atom. The van der Waals surface area contributed by atoms with Gasteiger partial charge in [0, 0.05) is 27.2 Å². The Kier molecular flexibility index (Phi) is 5.91. The third-order valence-corrected chi connectivity index (χ3v) is 4.93. The smallest absolute Gasteiger partial charge is 0.341 e. The minimum absolute atomic E-state index is 0.0247. The summed E-state index contributed by atoms with van der Waals surface area (Å²) in [6, 6.07) is 10.8. The number of benzene rings is 2. The highest BCUT2D eigenvalue weighted by Crippen LogP contribution is 2.39. The predicted octanol–water partition coefficient (Wildman–Crippen LogP) is 3.60. The number of carbonyl (C=O) groups is 2. The minimum atomic E-state index is -1.80. The van der Waals surface area contributed by atoms with Gasteiger partial charge in [0.25, 0.3) is 5.91 Å². The first-order valence-corrected chi connectivity index (χ1v) is 9.47. The van der Waals surface area contributed by atoms with Crippen molar-refractivity contribution >= 4 is 35.1 Å². The maximum absolute atomic E-state index is 12.7. The first-order valence-electron chi connectivity index (χ1n) is 8.72. The van der Waals surface area contributed by atoms with Crippen molar-refractivity contribution in [2.75, 3.05) is 0 Å². The molecule has 0 aliphatic carbocycles. The van der Waals surface area contributed by atoms with E-state index in [1.807, 2.05) is 13.8 Å². The maximum Gasteiger partial charge on any atom is 0.341 e.